The van der Waals surface area contributed by atoms with Crippen LogP contribution in [0, 0.1) is 0 Å². The average Bonchev–Trinajstić information content (AvgIpc) is 2.33. The van der Waals surface area contributed by atoms with Gasteiger partial charge in [0.2, 0.25) is 0 Å². The molecule has 106 valence electrons. The third-order valence-electron chi connectivity index (χ3n) is 2.38. The molecule has 0 fully saturated rings. The summed E-state index contributed by atoms with van der Waals surface area (Å²) in [6, 6.07) is 5.18. The zero-order chi connectivity index (χ0) is 14.3. The van der Waals surface area contributed by atoms with Crippen LogP contribution in [0.4, 0.5) is 3.89 Å². The molecule has 7 heteroatoms. The second-order valence-electron chi connectivity index (χ2n) is 3.96. The number of rotatable bonds is 7. The largest absolute Gasteiger partial charge is 0.488 e. The lowest BCUT2D eigenvalue weighted by Gasteiger charge is -2.05. The van der Waals surface area contributed by atoms with Crippen molar-refractivity contribution in [2.75, 3.05) is 6.54 Å². The summed E-state index contributed by atoms with van der Waals surface area (Å²) in [6.45, 7) is 2.66. The van der Waals surface area contributed by atoms with Gasteiger partial charge in [-0.3, -0.25) is 4.79 Å². The molecule has 0 heterocycles. The first-order chi connectivity index (χ1) is 8.92. The molecule has 0 atom stereocenters. The number of hydrogen-bond acceptors (Lipinski definition) is 4. The van der Waals surface area contributed by atoms with Crippen LogP contribution in [0.25, 0.3) is 0 Å². The van der Waals surface area contributed by atoms with E-state index in [-0.39, 0.29) is 11.7 Å². The molecule has 19 heavy (non-hydrogen) atoms. The van der Waals surface area contributed by atoms with E-state index in [0.29, 0.717) is 12.1 Å². The molecule has 0 radical (unpaired) electrons. The fraction of sp³-hybridized carbons (Fsp3) is 0.417. The molecule has 5 nitrogen and oxygen atoms in total. The fourth-order valence-electron chi connectivity index (χ4n) is 1.46. The van der Waals surface area contributed by atoms with Crippen LogP contribution in [0.5, 0.6) is 5.75 Å². The summed E-state index contributed by atoms with van der Waals surface area (Å²) < 4.78 is 36.8. The van der Waals surface area contributed by atoms with Gasteiger partial charge >= 0.3 is 10.5 Å². The average molecular weight is 289 g/mol. The molecule has 0 aliphatic carbocycles. The van der Waals surface area contributed by atoms with Crippen molar-refractivity contribution in [2.24, 2.45) is 0 Å². The Bertz CT molecular complexity index is 513. The first-order valence-electron chi connectivity index (χ1n) is 5.94. The van der Waals surface area contributed by atoms with Crippen LogP contribution in [-0.4, -0.2) is 20.9 Å². The van der Waals surface area contributed by atoms with Crippen molar-refractivity contribution in [3.05, 3.63) is 29.8 Å². The Kier molecular flexibility index (Phi) is 5.75. The van der Waals surface area contributed by atoms with E-state index in [0.717, 1.165) is 19.3 Å². The standard InChI is InChI=1S/C12H16FNO4S/c1-2-3-4-9-14-12(15)10-5-7-11(8-6-10)18-19(13,16)17/h5-8H,2-4,9H2,1H3,(H,14,15). The van der Waals surface area contributed by atoms with E-state index >= 15 is 0 Å². The van der Waals surface area contributed by atoms with Crippen molar-refractivity contribution in [3.63, 3.8) is 0 Å². The summed E-state index contributed by atoms with van der Waals surface area (Å²) in [6.07, 6.45) is 3.02. The Balaban J connectivity index is 2.53. The van der Waals surface area contributed by atoms with Crippen LogP contribution in [-0.2, 0) is 10.5 Å². The smallest absolute Gasteiger partial charge is 0.358 e. The minimum absolute atomic E-state index is 0.176. The maximum absolute atomic E-state index is 12.2. The predicted molar refractivity (Wildman–Crippen MR) is 69.0 cm³/mol. The van der Waals surface area contributed by atoms with Crippen molar-refractivity contribution in [1.29, 1.82) is 0 Å². The van der Waals surface area contributed by atoms with Crippen molar-refractivity contribution < 1.29 is 21.3 Å². The van der Waals surface area contributed by atoms with Gasteiger partial charge in [-0.15, -0.1) is 0 Å². The van der Waals surface area contributed by atoms with E-state index in [1.807, 2.05) is 0 Å². The Morgan fingerprint density at radius 2 is 1.89 bits per heavy atom. The summed E-state index contributed by atoms with van der Waals surface area (Å²) in [7, 11) is -5.03. The number of carbonyl (C=O) groups excluding carboxylic acids is 1. The summed E-state index contributed by atoms with van der Waals surface area (Å²) in [5.41, 5.74) is 0.361. The van der Waals surface area contributed by atoms with Crippen LogP contribution in [0.15, 0.2) is 24.3 Å². The van der Waals surface area contributed by atoms with Gasteiger partial charge in [-0.1, -0.05) is 23.7 Å². The van der Waals surface area contributed by atoms with Gasteiger partial charge in [0.25, 0.3) is 5.91 Å². The molecule has 1 rings (SSSR count). The van der Waals surface area contributed by atoms with E-state index < -0.39 is 10.5 Å². The van der Waals surface area contributed by atoms with Gasteiger partial charge in [0.15, 0.2) is 0 Å². The first-order valence-corrected chi connectivity index (χ1v) is 7.25. The van der Waals surface area contributed by atoms with Crippen LogP contribution in [0.2, 0.25) is 0 Å². The molecule has 0 aromatic heterocycles. The Labute approximate surface area is 112 Å². The Morgan fingerprint density at radius 1 is 1.26 bits per heavy atom. The highest BCUT2D eigenvalue weighted by Gasteiger charge is 2.10. The van der Waals surface area contributed by atoms with Gasteiger partial charge in [0, 0.05) is 12.1 Å². The van der Waals surface area contributed by atoms with E-state index in [2.05, 4.69) is 16.4 Å². The van der Waals surface area contributed by atoms with Gasteiger partial charge < -0.3 is 9.50 Å². The zero-order valence-electron chi connectivity index (χ0n) is 10.6. The maximum atomic E-state index is 12.2. The Morgan fingerprint density at radius 3 is 2.42 bits per heavy atom. The minimum atomic E-state index is -5.03. The highest BCUT2D eigenvalue weighted by Crippen LogP contribution is 2.14. The number of unbranched alkanes of at least 4 members (excludes halogenated alkanes) is 2. The van der Waals surface area contributed by atoms with Crippen LogP contribution < -0.4 is 9.50 Å². The second kappa shape index (κ2) is 7.08. The summed E-state index contributed by atoms with van der Waals surface area (Å²) in [5, 5.41) is 2.73. The van der Waals surface area contributed by atoms with Crippen LogP contribution in [0.3, 0.4) is 0 Å². The van der Waals surface area contributed by atoms with Gasteiger partial charge in [0.05, 0.1) is 0 Å². The van der Waals surface area contributed by atoms with Crippen molar-refractivity contribution in [3.8, 4) is 5.75 Å². The summed E-state index contributed by atoms with van der Waals surface area (Å²) in [5.74, 6) is -0.434. The number of halogens is 1. The second-order valence-corrected chi connectivity index (χ2v) is 4.92. The lowest BCUT2D eigenvalue weighted by atomic mass is 10.2. The van der Waals surface area contributed by atoms with Gasteiger partial charge in [-0.25, -0.2) is 0 Å². The van der Waals surface area contributed by atoms with Crippen molar-refractivity contribution in [2.45, 2.75) is 26.2 Å². The number of carbonyl (C=O) groups is 1. The molecule has 0 aliphatic heterocycles. The number of amides is 1. The monoisotopic (exact) mass is 289 g/mol. The van der Waals surface area contributed by atoms with Crippen LogP contribution in [0.1, 0.15) is 36.5 Å². The molecule has 0 aliphatic rings. The maximum Gasteiger partial charge on any atom is 0.488 e. The van der Waals surface area contributed by atoms with Gasteiger partial charge in [-0.2, -0.15) is 8.42 Å². The van der Waals surface area contributed by atoms with E-state index in [1.165, 1.54) is 24.3 Å². The summed E-state index contributed by atoms with van der Waals surface area (Å²) in [4.78, 5) is 11.7. The van der Waals surface area contributed by atoms with Gasteiger partial charge in [0.1, 0.15) is 5.75 Å². The molecule has 0 bridgehead atoms. The molecule has 0 saturated carbocycles. The highest BCUT2D eigenvalue weighted by molar-refractivity contribution is 7.81. The lowest BCUT2D eigenvalue weighted by molar-refractivity contribution is 0.0953. The molecule has 0 saturated heterocycles. The third kappa shape index (κ3) is 6.19. The van der Waals surface area contributed by atoms with Crippen LogP contribution >= 0.6 is 0 Å². The molecular formula is C12H16FNO4S. The third-order valence-corrected chi connectivity index (χ3v) is 2.77. The molecule has 0 unspecified atom stereocenters. The predicted octanol–water partition coefficient (Wildman–Crippen LogP) is 2.20. The number of hydrogen-bond donors (Lipinski definition) is 1. The molecule has 0 spiro atoms. The van der Waals surface area contributed by atoms with Crippen molar-refractivity contribution in [1.82, 2.24) is 5.32 Å². The van der Waals surface area contributed by atoms with E-state index in [4.69, 9.17) is 0 Å². The van der Waals surface area contributed by atoms with Crippen molar-refractivity contribution >= 4 is 16.4 Å². The molecule has 1 amide bonds. The Hall–Kier alpha value is -1.63. The number of nitrogens with one attached hydrogen (secondary N) is 1. The molecule has 1 aromatic rings. The number of benzene rings is 1. The van der Waals surface area contributed by atoms with E-state index in [1.54, 1.807) is 0 Å². The zero-order valence-corrected chi connectivity index (χ0v) is 11.4. The highest BCUT2D eigenvalue weighted by atomic mass is 32.3. The SMILES string of the molecule is CCCCCNC(=O)c1ccc(OS(=O)(=O)F)cc1. The van der Waals surface area contributed by atoms with Gasteiger partial charge in [-0.05, 0) is 30.7 Å². The minimum Gasteiger partial charge on any atom is -0.358 e. The fourth-order valence-corrected chi connectivity index (χ4v) is 1.80. The summed E-state index contributed by atoms with van der Waals surface area (Å²) >= 11 is 0. The molecular weight excluding hydrogens is 273 g/mol. The lowest BCUT2D eigenvalue weighted by Crippen LogP contribution is -2.24. The quantitative estimate of drug-likeness (QED) is 0.617. The molecule has 1 aromatic carbocycles. The molecule has 1 N–H and O–H groups in total. The van der Waals surface area contributed by atoms with E-state index in [9.17, 15) is 17.1 Å². The normalized spacial score (nSPS) is 11.1. The topological polar surface area (TPSA) is 72.5 Å². The first kappa shape index (κ1) is 15.4.